The summed E-state index contributed by atoms with van der Waals surface area (Å²) >= 11 is 1.32. The summed E-state index contributed by atoms with van der Waals surface area (Å²) in [6, 6.07) is 12.1. The second-order valence-electron chi connectivity index (χ2n) is 7.51. The molecule has 160 valence electrons. The van der Waals surface area contributed by atoms with Crippen LogP contribution in [0.4, 0.5) is 10.8 Å². The Kier molecular flexibility index (Phi) is 5.97. The van der Waals surface area contributed by atoms with Crippen molar-refractivity contribution < 1.29 is 14.4 Å². The van der Waals surface area contributed by atoms with Gasteiger partial charge in [-0.2, -0.15) is 0 Å². The summed E-state index contributed by atoms with van der Waals surface area (Å²) in [5.41, 5.74) is 2.32. The van der Waals surface area contributed by atoms with Gasteiger partial charge in [0.15, 0.2) is 5.13 Å². The van der Waals surface area contributed by atoms with Gasteiger partial charge in [0.05, 0.1) is 10.2 Å². The quantitative estimate of drug-likeness (QED) is 0.655. The third kappa shape index (κ3) is 4.89. The smallest absolute Gasteiger partial charge is 0.257 e. The van der Waals surface area contributed by atoms with Crippen molar-refractivity contribution in [2.24, 2.45) is 0 Å². The molecule has 9 heteroatoms. The van der Waals surface area contributed by atoms with Crippen LogP contribution in [0.1, 0.15) is 27.6 Å². The third-order valence-corrected chi connectivity index (χ3v) is 6.03. The van der Waals surface area contributed by atoms with E-state index in [4.69, 9.17) is 0 Å². The Labute approximate surface area is 183 Å². The molecule has 0 saturated carbocycles. The number of aromatic nitrogens is 1. The Bertz CT molecular complexity index is 1150. The average Bonchev–Trinajstić information content (AvgIpc) is 3.15. The van der Waals surface area contributed by atoms with Crippen molar-refractivity contribution in [3.05, 3.63) is 53.6 Å². The number of nitrogens with one attached hydrogen (secondary N) is 2. The van der Waals surface area contributed by atoms with Crippen molar-refractivity contribution in [1.82, 2.24) is 14.8 Å². The lowest BCUT2D eigenvalue weighted by Crippen LogP contribution is -2.47. The van der Waals surface area contributed by atoms with E-state index < -0.39 is 0 Å². The van der Waals surface area contributed by atoms with Crippen molar-refractivity contribution in [3.8, 4) is 0 Å². The largest absolute Gasteiger partial charge is 0.336 e. The summed E-state index contributed by atoms with van der Waals surface area (Å²) < 4.78 is 0.835. The highest BCUT2D eigenvalue weighted by Gasteiger charge is 2.21. The SMILES string of the molecule is CC(=O)Nc1cccc(C(=O)Nc2nc3ccc(C(=O)N4CCN(C)CC4)cc3s2)c1. The van der Waals surface area contributed by atoms with Crippen LogP contribution in [0.25, 0.3) is 10.2 Å². The first kappa shape index (κ1) is 21.0. The van der Waals surface area contributed by atoms with Crippen LogP contribution < -0.4 is 10.6 Å². The zero-order valence-corrected chi connectivity index (χ0v) is 18.2. The number of amides is 3. The molecule has 31 heavy (non-hydrogen) atoms. The molecule has 3 aromatic rings. The van der Waals surface area contributed by atoms with Crippen LogP contribution in [-0.4, -0.2) is 65.7 Å². The van der Waals surface area contributed by atoms with Crippen LogP contribution in [0.3, 0.4) is 0 Å². The zero-order valence-electron chi connectivity index (χ0n) is 17.3. The molecule has 0 spiro atoms. The van der Waals surface area contributed by atoms with Gasteiger partial charge in [0.25, 0.3) is 11.8 Å². The lowest BCUT2D eigenvalue weighted by Gasteiger charge is -2.32. The minimum Gasteiger partial charge on any atom is -0.336 e. The van der Waals surface area contributed by atoms with E-state index in [2.05, 4.69) is 27.6 Å². The standard InChI is InChI=1S/C22H23N5O3S/c1-14(28)23-17-5-3-4-15(12-17)20(29)25-22-24-18-7-6-16(13-19(18)31-22)21(30)27-10-8-26(2)9-11-27/h3-7,12-13H,8-11H2,1-2H3,(H,23,28)(H,24,25,29). The number of carbonyl (C=O) groups excluding carboxylic acids is 3. The third-order valence-electron chi connectivity index (χ3n) is 5.09. The van der Waals surface area contributed by atoms with Gasteiger partial charge in [0.1, 0.15) is 0 Å². The van der Waals surface area contributed by atoms with Crippen LogP contribution in [0.5, 0.6) is 0 Å². The van der Waals surface area contributed by atoms with Gasteiger partial charge in [-0.05, 0) is 43.4 Å². The number of fused-ring (bicyclic) bond motifs is 1. The van der Waals surface area contributed by atoms with E-state index in [0.29, 0.717) is 21.9 Å². The molecule has 2 N–H and O–H groups in total. The highest BCUT2D eigenvalue weighted by atomic mass is 32.1. The van der Waals surface area contributed by atoms with E-state index in [0.717, 1.165) is 36.4 Å². The maximum atomic E-state index is 12.8. The fourth-order valence-corrected chi connectivity index (χ4v) is 4.31. The van der Waals surface area contributed by atoms with Gasteiger partial charge in [0.2, 0.25) is 5.91 Å². The van der Waals surface area contributed by atoms with Crippen LogP contribution >= 0.6 is 11.3 Å². The number of piperazine rings is 1. The Morgan fingerprint density at radius 1 is 0.968 bits per heavy atom. The van der Waals surface area contributed by atoms with Crippen molar-refractivity contribution in [2.75, 3.05) is 43.9 Å². The number of anilines is 2. The predicted octanol–water partition coefficient (Wildman–Crippen LogP) is 2.89. The topological polar surface area (TPSA) is 94.6 Å². The van der Waals surface area contributed by atoms with E-state index in [-0.39, 0.29) is 17.7 Å². The van der Waals surface area contributed by atoms with Gasteiger partial charge < -0.3 is 15.1 Å². The maximum Gasteiger partial charge on any atom is 0.257 e. The molecule has 2 heterocycles. The number of hydrogen-bond acceptors (Lipinski definition) is 6. The van der Waals surface area contributed by atoms with Gasteiger partial charge in [-0.15, -0.1) is 0 Å². The van der Waals surface area contributed by atoms with Crippen molar-refractivity contribution in [2.45, 2.75) is 6.92 Å². The first-order valence-corrected chi connectivity index (χ1v) is 10.8. The van der Waals surface area contributed by atoms with Crippen LogP contribution in [-0.2, 0) is 4.79 Å². The number of nitrogens with zero attached hydrogens (tertiary/aromatic N) is 3. The average molecular weight is 438 g/mol. The Morgan fingerprint density at radius 3 is 2.48 bits per heavy atom. The molecular formula is C22H23N5O3S. The van der Waals surface area contributed by atoms with Crippen molar-refractivity contribution in [1.29, 1.82) is 0 Å². The lowest BCUT2D eigenvalue weighted by molar-refractivity contribution is -0.114. The summed E-state index contributed by atoms with van der Waals surface area (Å²) in [4.78, 5) is 45.2. The normalized spacial score (nSPS) is 14.5. The molecule has 4 rings (SSSR count). The molecule has 8 nitrogen and oxygen atoms in total. The Morgan fingerprint density at radius 2 is 1.74 bits per heavy atom. The molecule has 1 fully saturated rings. The highest BCUT2D eigenvalue weighted by Crippen LogP contribution is 2.28. The molecule has 0 aliphatic carbocycles. The second-order valence-corrected chi connectivity index (χ2v) is 8.54. The van der Waals surface area contributed by atoms with Crippen LogP contribution in [0, 0.1) is 0 Å². The first-order chi connectivity index (χ1) is 14.9. The fourth-order valence-electron chi connectivity index (χ4n) is 3.41. The predicted molar refractivity (Wildman–Crippen MR) is 122 cm³/mol. The lowest BCUT2D eigenvalue weighted by atomic mass is 10.1. The molecule has 1 saturated heterocycles. The number of likely N-dealkylation sites (N-methyl/N-ethyl adjacent to an activating group) is 1. The molecule has 0 radical (unpaired) electrons. The van der Waals surface area contributed by atoms with Gasteiger partial charge in [-0.3, -0.25) is 19.7 Å². The molecule has 0 bridgehead atoms. The number of carbonyl (C=O) groups is 3. The van der Waals surface area contributed by atoms with Gasteiger partial charge >= 0.3 is 0 Å². The molecule has 1 aliphatic heterocycles. The van der Waals surface area contributed by atoms with E-state index in [1.54, 1.807) is 30.3 Å². The molecule has 0 unspecified atom stereocenters. The monoisotopic (exact) mass is 437 g/mol. The second kappa shape index (κ2) is 8.83. The number of rotatable bonds is 4. The van der Waals surface area contributed by atoms with Crippen LogP contribution in [0.15, 0.2) is 42.5 Å². The Hall–Kier alpha value is -3.30. The van der Waals surface area contributed by atoms with Gasteiger partial charge in [-0.25, -0.2) is 4.98 Å². The minimum absolute atomic E-state index is 0.0174. The molecule has 3 amide bonds. The molecule has 0 atom stereocenters. The summed E-state index contributed by atoms with van der Waals surface area (Å²) in [5.74, 6) is -0.505. The minimum atomic E-state index is -0.319. The summed E-state index contributed by atoms with van der Waals surface area (Å²) in [5, 5.41) is 5.91. The summed E-state index contributed by atoms with van der Waals surface area (Å²) in [7, 11) is 2.05. The van der Waals surface area contributed by atoms with Crippen molar-refractivity contribution in [3.63, 3.8) is 0 Å². The number of benzene rings is 2. The molecule has 2 aromatic carbocycles. The Balaban J connectivity index is 1.49. The van der Waals surface area contributed by atoms with Gasteiger partial charge in [0, 0.05) is 49.9 Å². The van der Waals surface area contributed by atoms with E-state index >= 15 is 0 Å². The summed E-state index contributed by atoms with van der Waals surface area (Å²) in [6.07, 6.45) is 0. The van der Waals surface area contributed by atoms with E-state index in [1.807, 2.05) is 17.0 Å². The maximum absolute atomic E-state index is 12.8. The zero-order chi connectivity index (χ0) is 22.0. The number of thiazole rings is 1. The first-order valence-electron chi connectivity index (χ1n) is 9.96. The van der Waals surface area contributed by atoms with Crippen molar-refractivity contribution >= 4 is 50.1 Å². The molecule has 1 aromatic heterocycles. The van der Waals surface area contributed by atoms with Crippen LogP contribution in [0.2, 0.25) is 0 Å². The fraction of sp³-hybridized carbons (Fsp3) is 0.273. The molecule has 1 aliphatic rings. The van der Waals surface area contributed by atoms with E-state index in [9.17, 15) is 14.4 Å². The number of hydrogen-bond donors (Lipinski definition) is 2. The van der Waals surface area contributed by atoms with Gasteiger partial charge in [-0.1, -0.05) is 17.4 Å². The highest BCUT2D eigenvalue weighted by molar-refractivity contribution is 7.22. The van der Waals surface area contributed by atoms with E-state index in [1.165, 1.54) is 18.3 Å². The summed E-state index contributed by atoms with van der Waals surface area (Å²) in [6.45, 7) is 4.59. The molecular weight excluding hydrogens is 414 g/mol.